The zero-order valence-corrected chi connectivity index (χ0v) is 57.4. The van der Waals surface area contributed by atoms with Gasteiger partial charge in [-0.1, -0.05) is 109 Å². The van der Waals surface area contributed by atoms with E-state index in [1.165, 1.54) is 0 Å². The van der Waals surface area contributed by atoms with Crippen molar-refractivity contribution in [3.05, 3.63) is 175 Å². The van der Waals surface area contributed by atoms with Crippen LogP contribution in [0.2, 0.25) is 0 Å². The second-order valence-electron chi connectivity index (χ2n) is 17.8. The molecule has 6 aromatic carbocycles. The third kappa shape index (κ3) is 49.9. The Morgan fingerprint density at radius 1 is 0.348 bits per heavy atom. The molecule has 6 rings (SSSR count). The van der Waals surface area contributed by atoms with Crippen LogP contribution in [0.3, 0.4) is 0 Å². The van der Waals surface area contributed by atoms with Crippen LogP contribution in [-0.4, -0.2) is 95.6 Å². The molecule has 0 aliphatic carbocycles. The summed E-state index contributed by atoms with van der Waals surface area (Å²) in [5.74, 6) is -4.45. The topological polar surface area (TPSA) is 366 Å². The first-order chi connectivity index (χ1) is 39.3. The van der Waals surface area contributed by atoms with Crippen LogP contribution in [0.1, 0.15) is 133 Å². The Morgan fingerprint density at radius 2 is 0.461 bits per heavy atom. The number of hydrogen-bond donors (Lipinski definition) is 4. The van der Waals surface area contributed by atoms with Crippen LogP contribution in [0.4, 0.5) is 22.7 Å². The molecule has 0 fully saturated rings. The number of carbonyl (C=O) groups is 4. The van der Waals surface area contributed by atoms with E-state index in [1.807, 2.05) is 166 Å². The van der Waals surface area contributed by atoms with Crippen molar-refractivity contribution in [3.63, 3.8) is 0 Å². The van der Waals surface area contributed by atoms with Gasteiger partial charge in [-0.25, -0.2) is 0 Å². The number of aliphatic hydroxyl groups excluding tert-OH is 4. The Labute approximate surface area is 569 Å². The number of aliphatic hydroxyl groups is 4. The van der Waals surface area contributed by atoms with Gasteiger partial charge >= 0.3 is 68.3 Å². The van der Waals surface area contributed by atoms with Crippen LogP contribution in [-0.2, 0) is 92.9 Å². The van der Waals surface area contributed by atoms with E-state index in [1.54, 1.807) is 52.6 Å². The molecule has 0 saturated carbocycles. The first kappa shape index (κ1) is 101. The molecule has 0 aromatic heterocycles. The van der Waals surface area contributed by atoms with Crippen molar-refractivity contribution >= 4 is 71.5 Å². The molecule has 4 N–H and O–H groups in total. The van der Waals surface area contributed by atoms with E-state index in [0.29, 0.717) is 22.3 Å². The summed E-state index contributed by atoms with van der Waals surface area (Å²) >= 11 is 0. The molecule has 504 valence electrons. The average molecular weight is 1430 g/mol. The molecule has 0 spiro atoms. The Morgan fingerprint density at radius 3 is 0.573 bits per heavy atom. The van der Waals surface area contributed by atoms with Crippen molar-refractivity contribution in [1.29, 1.82) is 0 Å². The molecule has 0 aliphatic heterocycles. The largest absolute Gasteiger partial charge is 2.00 e. The fraction of sp³-hybridized carbons (Fsp3) is 0.333. The Bertz CT molecular complexity index is 2570. The number of nitrogens with zero attached hydrogens (tertiary/aromatic N) is 4. The van der Waals surface area contributed by atoms with Crippen LogP contribution in [0.15, 0.2) is 117 Å². The standard InChI is InChI=1S/2C25H26N2O.4C2H4O2.4C2H6O.4Cu.O/c2*1-16-12-21(14-26-23-17(2)8-6-9-18(23)3)25(28)22(13-16)15-27-24-19(4)10-7-11-20(24)5;4*1-2(3)4;4*1-2-3;;;;;/h2*6-15,28H,1-5H3;4*1H3,(H,3,4);4*3H,2H2,1H3;;;;;/q;;;;;;;;;;4*+2;-2/p-6. The molecule has 0 bridgehead atoms. The number of carbonyl (C=O) groups excluding carboxylic acids is 4. The van der Waals surface area contributed by atoms with Crippen LogP contribution >= 0.6 is 0 Å². The van der Waals surface area contributed by atoms with Crippen LogP contribution in [0.5, 0.6) is 11.5 Å². The summed E-state index contributed by atoms with van der Waals surface area (Å²) in [5, 5.41) is 91.7. The van der Waals surface area contributed by atoms with Gasteiger partial charge < -0.3 is 75.7 Å². The molecule has 89 heavy (non-hydrogen) atoms. The van der Waals surface area contributed by atoms with E-state index >= 15 is 0 Å². The van der Waals surface area contributed by atoms with Crippen molar-refractivity contribution in [2.24, 2.45) is 20.0 Å². The minimum atomic E-state index is -1.08. The predicted molar refractivity (Wildman–Crippen MR) is 328 cm³/mol. The summed E-state index contributed by atoms with van der Waals surface area (Å²) in [4.78, 5) is 53.9. The molecule has 4 radical (unpaired) electrons. The van der Waals surface area contributed by atoms with Crippen molar-refractivity contribution in [2.75, 3.05) is 26.4 Å². The molecule has 0 saturated heterocycles. The van der Waals surface area contributed by atoms with Gasteiger partial charge in [-0.15, -0.1) is 0 Å². The maximum absolute atomic E-state index is 12.9. The molecular weight excluding hydrogens is 1340 g/mol. The number of aryl methyl sites for hydroxylation is 10. The van der Waals surface area contributed by atoms with Gasteiger partial charge in [-0.3, -0.25) is 20.0 Å². The van der Waals surface area contributed by atoms with E-state index in [9.17, 15) is 10.2 Å². The molecule has 23 heteroatoms. The van der Waals surface area contributed by atoms with E-state index in [0.717, 1.165) is 106 Å². The number of carboxylic acids is 4. The van der Waals surface area contributed by atoms with Gasteiger partial charge in [0.15, 0.2) is 0 Å². The minimum Gasteiger partial charge on any atom is -2.00 e. The van der Waals surface area contributed by atoms with E-state index in [2.05, 4.69) is 20.0 Å². The number of rotatable bonds is 8. The SMILES string of the molecule is CC(=O)[O-].CC(=O)[O-].CC(=O)[O-].CC(=O)[O-].CCO.CCO.CCO.CCO.Cc1cc(C=Nc2c(C)cccc2C)c([O-])c(C=Nc2c(C)cccc2C)c1.Cc1cc(C=Nc2c(C)cccc2C)c([O-])c(C=Nc2c(C)cccc2C)c1.[Cu+2].[Cu+2].[Cu+2].[Cu+2].[O-2]. The van der Waals surface area contributed by atoms with Crippen LogP contribution in [0, 0.1) is 69.2 Å². The van der Waals surface area contributed by atoms with Gasteiger partial charge in [0, 0.05) is 75.2 Å². The summed E-state index contributed by atoms with van der Waals surface area (Å²) in [5.41, 5.74) is 16.7. The van der Waals surface area contributed by atoms with E-state index in [-0.39, 0.29) is 112 Å². The van der Waals surface area contributed by atoms with Crippen molar-refractivity contribution in [1.82, 2.24) is 0 Å². The first-order valence-corrected chi connectivity index (χ1v) is 26.5. The summed E-state index contributed by atoms with van der Waals surface area (Å²) < 4.78 is 0. The second-order valence-corrected chi connectivity index (χ2v) is 17.8. The van der Waals surface area contributed by atoms with Crippen LogP contribution in [0.25, 0.3) is 0 Å². The van der Waals surface area contributed by atoms with E-state index < -0.39 is 23.9 Å². The van der Waals surface area contributed by atoms with Gasteiger partial charge in [0.1, 0.15) is 0 Å². The summed E-state index contributed by atoms with van der Waals surface area (Å²) in [6.07, 6.45) is 6.67. The van der Waals surface area contributed by atoms with Gasteiger partial charge in [0.25, 0.3) is 0 Å². The number of carboxylic acid groups (broad SMARTS) is 4. The van der Waals surface area contributed by atoms with Gasteiger partial charge in [-0.05, 0) is 203 Å². The van der Waals surface area contributed by atoms with Gasteiger partial charge in [0.2, 0.25) is 0 Å². The zero-order chi connectivity index (χ0) is 65.7. The first-order valence-electron chi connectivity index (χ1n) is 26.5. The maximum Gasteiger partial charge on any atom is 2.00 e. The fourth-order valence-electron chi connectivity index (χ4n) is 6.62. The monoisotopic (exact) mass is 1430 g/mol. The third-order valence-electron chi connectivity index (χ3n) is 9.67. The quantitative estimate of drug-likeness (QED) is 0.0934. The summed E-state index contributed by atoms with van der Waals surface area (Å²) in [6.45, 7) is 31.8. The number of para-hydroxylation sites is 4. The Kier molecular flexibility index (Phi) is 68.6. The predicted octanol–water partition coefficient (Wildman–Crippen LogP) is 6.50. The molecule has 6 aromatic rings. The van der Waals surface area contributed by atoms with Crippen molar-refractivity contribution in [3.8, 4) is 11.5 Å². The fourth-order valence-corrected chi connectivity index (χ4v) is 6.62. The number of benzene rings is 6. The smallest absolute Gasteiger partial charge is 2.00 e. The number of aliphatic carboxylic acids is 4. The molecule has 19 nitrogen and oxygen atoms in total. The summed E-state index contributed by atoms with van der Waals surface area (Å²) in [7, 11) is 0. The van der Waals surface area contributed by atoms with Gasteiger partial charge in [0.05, 0.1) is 22.7 Å². The molecular formula is C66H86Cu4N4O15. The third-order valence-corrected chi connectivity index (χ3v) is 9.67. The molecule has 0 atom stereocenters. The minimum absolute atomic E-state index is 0. The maximum atomic E-state index is 12.9. The average Bonchev–Trinajstić information content (AvgIpc) is 3.36. The van der Waals surface area contributed by atoms with Crippen LogP contribution < -0.4 is 30.6 Å². The molecule has 0 aliphatic rings. The molecule has 0 amide bonds. The van der Waals surface area contributed by atoms with E-state index in [4.69, 9.17) is 60.0 Å². The molecule has 0 unspecified atom stereocenters. The second kappa shape index (κ2) is 60.3. The normalized spacial score (nSPS) is 9.24. The van der Waals surface area contributed by atoms with Crippen molar-refractivity contribution in [2.45, 2.75) is 125 Å². The Balaban J connectivity index is -0.000000139. The zero-order valence-electron chi connectivity index (χ0n) is 53.6. The summed E-state index contributed by atoms with van der Waals surface area (Å²) in [6, 6.07) is 31.7. The Hall–Kier alpha value is -6.64. The number of aliphatic imine (C=N–C) groups is 4. The van der Waals surface area contributed by atoms with Gasteiger partial charge in [-0.2, -0.15) is 0 Å². The molecule has 0 heterocycles. The van der Waals surface area contributed by atoms with Crippen molar-refractivity contribution < 1.29 is 144 Å². The number of hydrogen-bond acceptors (Lipinski definition) is 18.